The Labute approximate surface area is 111 Å². The molecule has 1 N–H and O–H groups in total. The monoisotopic (exact) mass is 250 g/mol. The Morgan fingerprint density at radius 3 is 2.78 bits per heavy atom. The summed E-state index contributed by atoms with van der Waals surface area (Å²) in [5.41, 5.74) is 1.36. The van der Waals surface area contributed by atoms with Gasteiger partial charge < -0.3 is 9.73 Å². The van der Waals surface area contributed by atoms with Crippen LogP contribution in [0.5, 0.6) is 0 Å². The molecular weight excluding hydrogens is 224 g/mol. The molecule has 0 aliphatic heterocycles. The lowest BCUT2D eigenvalue weighted by Crippen LogP contribution is -2.26. The van der Waals surface area contributed by atoms with Crippen LogP contribution in [0.4, 0.5) is 0 Å². The van der Waals surface area contributed by atoms with Gasteiger partial charge in [0.1, 0.15) is 11.5 Å². The number of hydrogen-bond donors (Lipinski definition) is 1. The van der Waals surface area contributed by atoms with Gasteiger partial charge in [0.2, 0.25) is 0 Å². The number of nitrogens with zero attached hydrogens (tertiary/aromatic N) is 1. The second kappa shape index (κ2) is 6.39. The predicted molar refractivity (Wildman–Crippen MR) is 74.5 cm³/mol. The maximum atomic E-state index is 5.81. The zero-order valence-corrected chi connectivity index (χ0v) is 12.0. The van der Waals surface area contributed by atoms with Crippen molar-refractivity contribution in [2.75, 3.05) is 13.1 Å². The van der Waals surface area contributed by atoms with E-state index in [0.29, 0.717) is 0 Å². The summed E-state index contributed by atoms with van der Waals surface area (Å²) < 4.78 is 5.81. The van der Waals surface area contributed by atoms with Gasteiger partial charge in [0.15, 0.2) is 0 Å². The highest BCUT2D eigenvalue weighted by molar-refractivity contribution is 5.21. The van der Waals surface area contributed by atoms with E-state index >= 15 is 0 Å². The van der Waals surface area contributed by atoms with Gasteiger partial charge in [-0.2, -0.15) is 0 Å². The van der Waals surface area contributed by atoms with E-state index < -0.39 is 0 Å². The predicted octanol–water partition coefficient (Wildman–Crippen LogP) is 3.07. The van der Waals surface area contributed by atoms with Crippen LogP contribution in [-0.2, 0) is 13.1 Å². The summed E-state index contributed by atoms with van der Waals surface area (Å²) >= 11 is 0. The van der Waals surface area contributed by atoms with E-state index in [0.717, 1.165) is 37.2 Å². The fourth-order valence-corrected chi connectivity index (χ4v) is 2.42. The lowest BCUT2D eigenvalue weighted by molar-refractivity contribution is 0.253. The van der Waals surface area contributed by atoms with Gasteiger partial charge in [-0.05, 0) is 45.3 Å². The van der Waals surface area contributed by atoms with Gasteiger partial charge in [-0.15, -0.1) is 0 Å². The second-order valence-corrected chi connectivity index (χ2v) is 5.28. The van der Waals surface area contributed by atoms with Gasteiger partial charge in [-0.1, -0.05) is 13.8 Å². The van der Waals surface area contributed by atoms with Crippen LogP contribution in [0, 0.1) is 6.92 Å². The Kier molecular flexibility index (Phi) is 4.84. The highest BCUT2D eigenvalue weighted by Crippen LogP contribution is 2.29. The van der Waals surface area contributed by atoms with E-state index in [9.17, 15) is 0 Å². The summed E-state index contributed by atoms with van der Waals surface area (Å²) in [6.45, 7) is 10.5. The fourth-order valence-electron chi connectivity index (χ4n) is 2.42. The Bertz CT molecular complexity index is 369. The van der Waals surface area contributed by atoms with Gasteiger partial charge in [-0.3, -0.25) is 4.90 Å². The molecule has 18 heavy (non-hydrogen) atoms. The maximum Gasteiger partial charge on any atom is 0.118 e. The molecule has 0 spiro atoms. The molecule has 0 amide bonds. The first-order valence-electron chi connectivity index (χ1n) is 7.27. The van der Waals surface area contributed by atoms with Crippen LogP contribution in [-0.4, -0.2) is 24.0 Å². The fraction of sp³-hybridized carbons (Fsp3) is 0.733. The molecule has 0 bridgehead atoms. The van der Waals surface area contributed by atoms with E-state index in [2.05, 4.69) is 37.1 Å². The lowest BCUT2D eigenvalue weighted by atomic mass is 10.2. The lowest BCUT2D eigenvalue weighted by Gasteiger charge is -2.20. The summed E-state index contributed by atoms with van der Waals surface area (Å²) in [6.07, 6.45) is 3.99. The van der Waals surface area contributed by atoms with Crippen molar-refractivity contribution in [3.05, 3.63) is 23.2 Å². The molecule has 2 rings (SSSR count). The highest BCUT2D eigenvalue weighted by atomic mass is 16.3. The first kappa shape index (κ1) is 13.6. The van der Waals surface area contributed by atoms with Crippen LogP contribution in [0.1, 0.15) is 50.2 Å². The minimum absolute atomic E-state index is 0.830. The molecule has 1 aromatic rings. The molecule has 1 aromatic heterocycles. The van der Waals surface area contributed by atoms with E-state index in [1.807, 2.05) is 0 Å². The average Bonchev–Trinajstić information content (AvgIpc) is 3.13. The highest BCUT2D eigenvalue weighted by Gasteiger charge is 2.28. The first-order chi connectivity index (χ1) is 8.74. The maximum absolute atomic E-state index is 5.81. The Hall–Kier alpha value is -0.800. The third kappa shape index (κ3) is 3.59. The molecule has 1 fully saturated rings. The van der Waals surface area contributed by atoms with Gasteiger partial charge in [0, 0.05) is 18.2 Å². The van der Waals surface area contributed by atoms with Crippen LogP contribution < -0.4 is 5.32 Å². The molecule has 0 saturated heterocycles. The molecule has 1 aliphatic carbocycles. The summed E-state index contributed by atoms with van der Waals surface area (Å²) in [4.78, 5) is 2.61. The molecule has 3 heteroatoms. The van der Waals surface area contributed by atoms with Gasteiger partial charge in [0.25, 0.3) is 0 Å². The van der Waals surface area contributed by atoms with Crippen LogP contribution in [0.25, 0.3) is 0 Å². The van der Waals surface area contributed by atoms with Crippen LogP contribution in [0.2, 0.25) is 0 Å². The Morgan fingerprint density at radius 1 is 1.39 bits per heavy atom. The van der Waals surface area contributed by atoms with Gasteiger partial charge in [-0.25, -0.2) is 0 Å². The van der Waals surface area contributed by atoms with Crippen LogP contribution in [0.15, 0.2) is 10.5 Å². The van der Waals surface area contributed by atoms with Crippen molar-refractivity contribution in [2.24, 2.45) is 0 Å². The third-order valence-electron chi connectivity index (χ3n) is 3.57. The molecule has 1 aliphatic rings. The number of hydrogen-bond acceptors (Lipinski definition) is 3. The smallest absolute Gasteiger partial charge is 0.118 e. The minimum atomic E-state index is 0.830. The SMILES string of the molecule is CCCN(Cc1cc(CNCC)oc1C)C1CC1. The topological polar surface area (TPSA) is 28.4 Å². The van der Waals surface area contributed by atoms with Crippen molar-refractivity contribution in [3.8, 4) is 0 Å². The number of rotatable bonds is 8. The molecule has 102 valence electrons. The zero-order chi connectivity index (χ0) is 13.0. The summed E-state index contributed by atoms with van der Waals surface area (Å²) in [6, 6.07) is 3.06. The molecule has 0 radical (unpaired) electrons. The first-order valence-corrected chi connectivity index (χ1v) is 7.27. The molecular formula is C15H26N2O. The summed E-state index contributed by atoms with van der Waals surface area (Å²) in [5.74, 6) is 2.15. The Morgan fingerprint density at radius 2 is 2.17 bits per heavy atom. The van der Waals surface area contributed by atoms with Crippen molar-refractivity contribution >= 4 is 0 Å². The van der Waals surface area contributed by atoms with Crippen molar-refractivity contribution in [2.45, 2.75) is 59.2 Å². The largest absolute Gasteiger partial charge is 0.465 e. The third-order valence-corrected chi connectivity index (χ3v) is 3.57. The van der Waals surface area contributed by atoms with E-state index in [-0.39, 0.29) is 0 Å². The summed E-state index contributed by atoms with van der Waals surface area (Å²) in [5, 5.41) is 3.31. The summed E-state index contributed by atoms with van der Waals surface area (Å²) in [7, 11) is 0. The van der Waals surface area contributed by atoms with Gasteiger partial charge in [0.05, 0.1) is 6.54 Å². The van der Waals surface area contributed by atoms with Crippen molar-refractivity contribution < 1.29 is 4.42 Å². The number of aryl methyl sites for hydroxylation is 1. The number of nitrogens with one attached hydrogen (secondary N) is 1. The minimum Gasteiger partial charge on any atom is -0.465 e. The van der Waals surface area contributed by atoms with Crippen molar-refractivity contribution in [3.63, 3.8) is 0 Å². The van der Waals surface area contributed by atoms with Gasteiger partial charge >= 0.3 is 0 Å². The van der Waals surface area contributed by atoms with Crippen LogP contribution >= 0.6 is 0 Å². The van der Waals surface area contributed by atoms with E-state index in [1.165, 1.54) is 31.4 Å². The van der Waals surface area contributed by atoms with Crippen molar-refractivity contribution in [1.29, 1.82) is 0 Å². The standard InChI is InChI=1S/C15H26N2O/c1-4-8-17(14-6-7-14)11-13-9-15(10-16-5-2)18-12(13)3/h9,14,16H,4-8,10-11H2,1-3H3. The quantitative estimate of drug-likeness (QED) is 0.768. The molecule has 1 heterocycles. The number of furan rings is 1. The van der Waals surface area contributed by atoms with E-state index in [1.54, 1.807) is 0 Å². The molecule has 0 atom stereocenters. The molecule has 0 unspecified atom stereocenters. The zero-order valence-electron chi connectivity index (χ0n) is 12.0. The second-order valence-electron chi connectivity index (χ2n) is 5.28. The van der Waals surface area contributed by atoms with Crippen LogP contribution in [0.3, 0.4) is 0 Å². The Balaban J connectivity index is 1.96. The molecule has 0 aromatic carbocycles. The molecule has 1 saturated carbocycles. The molecule has 3 nitrogen and oxygen atoms in total. The van der Waals surface area contributed by atoms with Crippen molar-refractivity contribution in [1.82, 2.24) is 10.2 Å². The normalized spacial score (nSPS) is 15.6. The van der Waals surface area contributed by atoms with E-state index in [4.69, 9.17) is 4.42 Å². The average molecular weight is 250 g/mol.